The molecule has 3 heteroatoms. The van der Waals surface area contributed by atoms with Crippen molar-refractivity contribution in [3.63, 3.8) is 0 Å². The molecule has 0 fully saturated rings. The molecule has 1 atom stereocenters. The van der Waals surface area contributed by atoms with Crippen molar-refractivity contribution in [1.82, 2.24) is 0 Å². The summed E-state index contributed by atoms with van der Waals surface area (Å²) in [6.07, 6.45) is 2.45. The quantitative estimate of drug-likeness (QED) is 0.625. The van der Waals surface area contributed by atoms with Crippen molar-refractivity contribution in [3.8, 4) is 11.5 Å². The summed E-state index contributed by atoms with van der Waals surface area (Å²) >= 11 is 0. The molecule has 0 N–H and O–H groups in total. The molecule has 0 amide bonds. The normalized spacial score (nSPS) is 15.2. The first-order valence-electron chi connectivity index (χ1n) is 8.72. The SMILES string of the molecule is COc1cc(C=O)ccc1C1Cc2cc(Cc3ccccc3)ccc2O1. The Labute approximate surface area is 153 Å². The number of benzene rings is 3. The summed E-state index contributed by atoms with van der Waals surface area (Å²) in [6, 6.07) is 22.4. The molecule has 0 bridgehead atoms. The Balaban J connectivity index is 1.57. The topological polar surface area (TPSA) is 35.5 Å². The fourth-order valence-electron chi connectivity index (χ4n) is 3.48. The van der Waals surface area contributed by atoms with Crippen LogP contribution in [-0.4, -0.2) is 13.4 Å². The van der Waals surface area contributed by atoms with Crippen molar-refractivity contribution >= 4 is 6.29 Å². The van der Waals surface area contributed by atoms with E-state index in [2.05, 4.69) is 42.5 Å². The number of fused-ring (bicyclic) bond motifs is 1. The molecule has 0 radical (unpaired) electrons. The molecule has 0 saturated heterocycles. The van der Waals surface area contributed by atoms with Gasteiger partial charge >= 0.3 is 0 Å². The van der Waals surface area contributed by atoms with E-state index in [0.29, 0.717) is 11.3 Å². The molecule has 1 aliphatic heterocycles. The Bertz CT molecular complexity index is 931. The third-order valence-electron chi connectivity index (χ3n) is 4.79. The van der Waals surface area contributed by atoms with Crippen LogP contribution in [0.4, 0.5) is 0 Å². The standard InChI is InChI=1S/C23H20O3/c1-25-22-13-18(15-24)7-9-20(22)23-14-19-12-17(8-10-21(19)26-23)11-16-5-3-2-4-6-16/h2-10,12-13,15,23H,11,14H2,1H3. The summed E-state index contributed by atoms with van der Waals surface area (Å²) in [5.74, 6) is 1.62. The van der Waals surface area contributed by atoms with E-state index >= 15 is 0 Å². The highest BCUT2D eigenvalue weighted by atomic mass is 16.5. The van der Waals surface area contributed by atoms with Crippen LogP contribution >= 0.6 is 0 Å². The Morgan fingerprint density at radius 3 is 2.65 bits per heavy atom. The monoisotopic (exact) mass is 344 g/mol. The van der Waals surface area contributed by atoms with Crippen LogP contribution in [0.25, 0.3) is 0 Å². The van der Waals surface area contributed by atoms with Gasteiger partial charge in [0.1, 0.15) is 23.9 Å². The molecule has 3 aromatic carbocycles. The summed E-state index contributed by atoms with van der Waals surface area (Å²) in [5, 5.41) is 0. The Morgan fingerprint density at radius 1 is 1.04 bits per heavy atom. The summed E-state index contributed by atoms with van der Waals surface area (Å²) in [7, 11) is 1.62. The van der Waals surface area contributed by atoms with Crippen LogP contribution < -0.4 is 9.47 Å². The van der Waals surface area contributed by atoms with E-state index in [4.69, 9.17) is 9.47 Å². The van der Waals surface area contributed by atoms with Crippen molar-refractivity contribution in [3.05, 3.63) is 94.5 Å². The smallest absolute Gasteiger partial charge is 0.150 e. The molecule has 1 unspecified atom stereocenters. The predicted octanol–water partition coefficient (Wildman–Crippen LogP) is 4.77. The number of carbonyl (C=O) groups is 1. The Morgan fingerprint density at radius 2 is 1.88 bits per heavy atom. The minimum absolute atomic E-state index is 0.0902. The van der Waals surface area contributed by atoms with Gasteiger partial charge in [0, 0.05) is 17.5 Å². The molecule has 130 valence electrons. The van der Waals surface area contributed by atoms with Crippen molar-refractivity contribution in [1.29, 1.82) is 0 Å². The van der Waals surface area contributed by atoms with Gasteiger partial charge in [0.2, 0.25) is 0 Å². The zero-order valence-corrected chi connectivity index (χ0v) is 14.6. The van der Waals surface area contributed by atoms with Crippen LogP contribution in [0.3, 0.4) is 0 Å². The molecule has 0 spiro atoms. The molecule has 1 aliphatic rings. The molecule has 26 heavy (non-hydrogen) atoms. The fraction of sp³-hybridized carbons (Fsp3) is 0.174. The number of hydrogen-bond donors (Lipinski definition) is 0. The summed E-state index contributed by atoms with van der Waals surface area (Å²) < 4.78 is 11.6. The zero-order valence-electron chi connectivity index (χ0n) is 14.6. The minimum atomic E-state index is -0.0902. The lowest BCUT2D eigenvalue weighted by atomic mass is 9.98. The van der Waals surface area contributed by atoms with Gasteiger partial charge in [-0.05, 0) is 35.2 Å². The van der Waals surface area contributed by atoms with Crippen LogP contribution in [0.1, 0.15) is 38.7 Å². The molecule has 1 heterocycles. The van der Waals surface area contributed by atoms with Crippen LogP contribution in [-0.2, 0) is 12.8 Å². The third-order valence-corrected chi connectivity index (χ3v) is 4.79. The van der Waals surface area contributed by atoms with Crippen LogP contribution in [0, 0.1) is 0 Å². The molecular formula is C23H20O3. The van der Waals surface area contributed by atoms with E-state index in [1.165, 1.54) is 16.7 Å². The van der Waals surface area contributed by atoms with Gasteiger partial charge in [-0.25, -0.2) is 0 Å². The van der Waals surface area contributed by atoms with Gasteiger partial charge in [-0.1, -0.05) is 54.6 Å². The zero-order chi connectivity index (χ0) is 17.9. The highest BCUT2D eigenvalue weighted by Gasteiger charge is 2.27. The number of rotatable bonds is 5. The maximum Gasteiger partial charge on any atom is 0.150 e. The molecular weight excluding hydrogens is 324 g/mol. The van der Waals surface area contributed by atoms with Gasteiger partial charge in [-0.15, -0.1) is 0 Å². The molecule has 0 saturated carbocycles. The van der Waals surface area contributed by atoms with E-state index in [0.717, 1.165) is 30.4 Å². The lowest BCUT2D eigenvalue weighted by Crippen LogP contribution is -2.06. The van der Waals surface area contributed by atoms with Crippen LogP contribution in [0.5, 0.6) is 11.5 Å². The number of aldehydes is 1. The third kappa shape index (κ3) is 3.21. The van der Waals surface area contributed by atoms with Gasteiger partial charge < -0.3 is 9.47 Å². The predicted molar refractivity (Wildman–Crippen MR) is 101 cm³/mol. The Hall–Kier alpha value is -3.07. The Kier molecular flexibility index (Phi) is 4.44. The minimum Gasteiger partial charge on any atom is -0.496 e. The molecule has 3 aromatic rings. The van der Waals surface area contributed by atoms with E-state index in [1.54, 1.807) is 19.2 Å². The first-order valence-corrected chi connectivity index (χ1v) is 8.72. The first-order chi connectivity index (χ1) is 12.8. The number of hydrogen-bond acceptors (Lipinski definition) is 3. The maximum atomic E-state index is 11.0. The summed E-state index contributed by atoms with van der Waals surface area (Å²) in [6.45, 7) is 0. The molecule has 4 rings (SSSR count). The summed E-state index contributed by atoms with van der Waals surface area (Å²) in [4.78, 5) is 11.0. The second kappa shape index (κ2) is 7.04. The van der Waals surface area contributed by atoms with Gasteiger partial charge in [-0.3, -0.25) is 4.79 Å². The average Bonchev–Trinajstić information content (AvgIpc) is 3.11. The lowest BCUT2D eigenvalue weighted by Gasteiger charge is -2.15. The number of ether oxygens (including phenoxy) is 2. The van der Waals surface area contributed by atoms with Crippen LogP contribution in [0.15, 0.2) is 66.7 Å². The lowest BCUT2D eigenvalue weighted by molar-refractivity contribution is 0.112. The van der Waals surface area contributed by atoms with E-state index in [-0.39, 0.29) is 6.10 Å². The second-order valence-electron chi connectivity index (χ2n) is 6.53. The number of methoxy groups -OCH3 is 1. The van der Waals surface area contributed by atoms with Crippen molar-refractivity contribution in [2.75, 3.05) is 7.11 Å². The molecule has 0 aromatic heterocycles. The summed E-state index contributed by atoms with van der Waals surface area (Å²) in [5.41, 5.74) is 5.37. The fourth-order valence-corrected chi connectivity index (χ4v) is 3.48. The second-order valence-corrected chi connectivity index (χ2v) is 6.53. The number of carbonyl (C=O) groups excluding carboxylic acids is 1. The van der Waals surface area contributed by atoms with Crippen LogP contribution in [0.2, 0.25) is 0 Å². The van der Waals surface area contributed by atoms with E-state index in [9.17, 15) is 4.79 Å². The van der Waals surface area contributed by atoms with Crippen molar-refractivity contribution < 1.29 is 14.3 Å². The van der Waals surface area contributed by atoms with E-state index in [1.807, 2.05) is 12.1 Å². The van der Waals surface area contributed by atoms with Gasteiger partial charge in [-0.2, -0.15) is 0 Å². The van der Waals surface area contributed by atoms with Gasteiger partial charge in [0.25, 0.3) is 0 Å². The molecule has 0 aliphatic carbocycles. The highest BCUT2D eigenvalue weighted by molar-refractivity contribution is 5.76. The first kappa shape index (κ1) is 16.4. The van der Waals surface area contributed by atoms with Crippen molar-refractivity contribution in [2.24, 2.45) is 0 Å². The van der Waals surface area contributed by atoms with Gasteiger partial charge in [0.15, 0.2) is 0 Å². The van der Waals surface area contributed by atoms with Gasteiger partial charge in [0.05, 0.1) is 7.11 Å². The highest BCUT2D eigenvalue weighted by Crippen LogP contribution is 2.40. The average molecular weight is 344 g/mol. The maximum absolute atomic E-state index is 11.0. The van der Waals surface area contributed by atoms with E-state index < -0.39 is 0 Å². The van der Waals surface area contributed by atoms with Crippen molar-refractivity contribution in [2.45, 2.75) is 18.9 Å². The largest absolute Gasteiger partial charge is 0.496 e. The molecule has 3 nitrogen and oxygen atoms in total.